The van der Waals surface area contributed by atoms with Crippen molar-refractivity contribution in [3.05, 3.63) is 85.0 Å². The topological polar surface area (TPSA) is 121 Å². The van der Waals surface area contributed by atoms with Gasteiger partial charge < -0.3 is 20.4 Å². The zero-order chi connectivity index (χ0) is 27.0. The number of hydrogen-bond donors (Lipinski definition) is 2. The van der Waals surface area contributed by atoms with Gasteiger partial charge >= 0.3 is 6.01 Å². The number of nitrogens with zero attached hydrogens (tertiary/aromatic N) is 5. The Labute approximate surface area is 215 Å². The van der Waals surface area contributed by atoms with Crippen molar-refractivity contribution in [2.24, 2.45) is 7.05 Å². The third-order valence-corrected chi connectivity index (χ3v) is 5.82. The van der Waals surface area contributed by atoms with E-state index in [1.165, 1.54) is 18.7 Å². The van der Waals surface area contributed by atoms with Gasteiger partial charge in [-0.05, 0) is 48.4 Å². The standard InChI is InChI=1S/C27H21F2N7O2/c1-14(2)26(37)35-17-7-5-15(6-8-17)22-20(21-24(30)33-13-34-25(21)36(22)3)16-11-18(28)23(19(29)12-16)38-27-31-9-4-10-32-27/h4-13H,1H2,2-3H3,(H,35,37)(H2,30,33,34). The minimum atomic E-state index is -0.955. The number of nitrogens with one attached hydrogen (secondary N) is 1. The lowest BCUT2D eigenvalue weighted by Gasteiger charge is -2.12. The summed E-state index contributed by atoms with van der Waals surface area (Å²) in [7, 11) is 1.77. The minimum absolute atomic E-state index is 0.149. The number of benzene rings is 2. The largest absolute Gasteiger partial charge is 0.418 e. The maximum Gasteiger partial charge on any atom is 0.322 e. The summed E-state index contributed by atoms with van der Waals surface area (Å²) in [5, 5.41) is 3.18. The molecule has 0 aliphatic carbocycles. The zero-order valence-corrected chi connectivity index (χ0v) is 20.4. The van der Waals surface area contributed by atoms with Gasteiger partial charge in [0, 0.05) is 36.3 Å². The highest BCUT2D eigenvalue weighted by Gasteiger charge is 2.24. The van der Waals surface area contributed by atoms with Crippen molar-refractivity contribution in [1.29, 1.82) is 0 Å². The highest BCUT2D eigenvalue weighted by atomic mass is 19.1. The molecule has 0 radical (unpaired) electrons. The number of carbonyl (C=O) groups is 1. The van der Waals surface area contributed by atoms with Gasteiger partial charge in [-0.15, -0.1) is 0 Å². The third kappa shape index (κ3) is 4.41. The average molecular weight is 514 g/mol. The molecule has 3 heterocycles. The van der Waals surface area contributed by atoms with E-state index < -0.39 is 17.4 Å². The molecule has 2 aromatic carbocycles. The second-order valence-corrected chi connectivity index (χ2v) is 8.45. The number of rotatable bonds is 6. The molecule has 38 heavy (non-hydrogen) atoms. The van der Waals surface area contributed by atoms with Crippen molar-refractivity contribution < 1.29 is 18.3 Å². The SMILES string of the molecule is C=C(C)C(=O)Nc1ccc(-c2c(-c3cc(F)c(Oc4ncccn4)c(F)c3)c3c(N)ncnc3n2C)cc1. The van der Waals surface area contributed by atoms with Crippen molar-refractivity contribution in [2.45, 2.75) is 6.92 Å². The van der Waals surface area contributed by atoms with Crippen molar-refractivity contribution in [3.63, 3.8) is 0 Å². The Morgan fingerprint density at radius 2 is 1.68 bits per heavy atom. The first-order valence-electron chi connectivity index (χ1n) is 11.3. The first-order chi connectivity index (χ1) is 18.2. The maximum absolute atomic E-state index is 15.2. The number of nitrogen functional groups attached to an aromatic ring is 1. The molecule has 5 rings (SSSR count). The number of carbonyl (C=O) groups excluding carboxylic acids is 1. The maximum atomic E-state index is 15.2. The number of aromatic nitrogens is 5. The number of aryl methyl sites for hydroxylation is 1. The molecule has 11 heteroatoms. The third-order valence-electron chi connectivity index (χ3n) is 5.82. The molecule has 0 atom stereocenters. The van der Waals surface area contributed by atoms with Crippen LogP contribution in [0.5, 0.6) is 11.8 Å². The van der Waals surface area contributed by atoms with Gasteiger partial charge in [0.2, 0.25) is 5.75 Å². The zero-order valence-electron chi connectivity index (χ0n) is 20.4. The Bertz CT molecular complexity index is 1680. The normalized spacial score (nSPS) is 10.9. The van der Waals surface area contributed by atoms with Crippen LogP contribution in [0.4, 0.5) is 20.3 Å². The molecule has 0 saturated carbocycles. The molecule has 0 bridgehead atoms. The molecule has 9 nitrogen and oxygen atoms in total. The Balaban J connectivity index is 1.66. The van der Waals surface area contributed by atoms with Crippen molar-refractivity contribution >= 4 is 28.4 Å². The van der Waals surface area contributed by atoms with Gasteiger partial charge in [0.05, 0.1) is 11.1 Å². The Morgan fingerprint density at radius 3 is 2.32 bits per heavy atom. The summed E-state index contributed by atoms with van der Waals surface area (Å²) in [4.78, 5) is 28.1. The summed E-state index contributed by atoms with van der Waals surface area (Å²) in [6.07, 6.45) is 4.11. The molecule has 0 saturated heterocycles. The fourth-order valence-corrected chi connectivity index (χ4v) is 4.07. The number of anilines is 2. The van der Waals surface area contributed by atoms with Crippen LogP contribution in [-0.2, 0) is 11.8 Å². The van der Waals surface area contributed by atoms with Crippen LogP contribution in [0.15, 0.2) is 73.3 Å². The van der Waals surface area contributed by atoms with Crippen molar-refractivity contribution in [1.82, 2.24) is 24.5 Å². The number of halogens is 2. The van der Waals surface area contributed by atoms with Gasteiger partial charge in [0.15, 0.2) is 11.6 Å². The second-order valence-electron chi connectivity index (χ2n) is 8.45. The summed E-state index contributed by atoms with van der Waals surface area (Å²) in [6, 6.07) is 10.6. The fourth-order valence-electron chi connectivity index (χ4n) is 4.07. The Kier molecular flexibility index (Phi) is 6.25. The van der Waals surface area contributed by atoms with E-state index in [1.807, 2.05) is 0 Å². The van der Waals surface area contributed by atoms with Crippen LogP contribution in [0, 0.1) is 11.6 Å². The van der Waals surface area contributed by atoms with Gasteiger partial charge in [-0.3, -0.25) is 4.79 Å². The lowest BCUT2D eigenvalue weighted by Crippen LogP contribution is -2.11. The average Bonchev–Trinajstić information content (AvgIpc) is 3.20. The summed E-state index contributed by atoms with van der Waals surface area (Å²) in [5.74, 6) is -2.70. The Morgan fingerprint density at radius 1 is 1.03 bits per heavy atom. The van der Waals surface area contributed by atoms with Crippen LogP contribution in [0.2, 0.25) is 0 Å². The summed E-state index contributed by atoms with van der Waals surface area (Å²) < 4.78 is 37.5. The van der Waals surface area contributed by atoms with Gasteiger partial charge in [0.1, 0.15) is 17.8 Å². The van der Waals surface area contributed by atoms with Gasteiger partial charge in [-0.1, -0.05) is 18.7 Å². The summed E-state index contributed by atoms with van der Waals surface area (Å²) in [6.45, 7) is 5.24. The molecule has 0 unspecified atom stereocenters. The smallest absolute Gasteiger partial charge is 0.322 e. The van der Waals surface area contributed by atoms with Crippen LogP contribution in [0.3, 0.4) is 0 Å². The van der Waals surface area contributed by atoms with Gasteiger partial charge in [0.25, 0.3) is 5.91 Å². The predicted octanol–water partition coefficient (Wildman–Crippen LogP) is 5.26. The van der Waals surface area contributed by atoms with Crippen LogP contribution < -0.4 is 15.8 Å². The fraction of sp³-hybridized carbons (Fsp3) is 0.0741. The molecule has 0 aliphatic heterocycles. The molecular weight excluding hydrogens is 492 g/mol. The quantitative estimate of drug-likeness (QED) is 0.297. The lowest BCUT2D eigenvalue weighted by atomic mass is 9.98. The monoisotopic (exact) mass is 513 g/mol. The number of fused-ring (bicyclic) bond motifs is 1. The summed E-state index contributed by atoms with van der Waals surface area (Å²) in [5.41, 5.74) is 9.52. The first-order valence-corrected chi connectivity index (χ1v) is 11.3. The van der Waals surface area contributed by atoms with Crippen LogP contribution in [0.25, 0.3) is 33.4 Å². The van der Waals surface area contributed by atoms with Crippen LogP contribution in [-0.4, -0.2) is 30.4 Å². The van der Waals surface area contributed by atoms with E-state index in [2.05, 4.69) is 31.8 Å². The molecule has 0 aliphatic rings. The molecule has 0 fully saturated rings. The highest BCUT2D eigenvalue weighted by Crippen LogP contribution is 2.43. The number of nitrogens with two attached hydrogens (primary N) is 1. The highest BCUT2D eigenvalue weighted by molar-refractivity contribution is 6.08. The first kappa shape index (κ1) is 24.5. The van der Waals surface area contributed by atoms with Gasteiger partial charge in [-0.2, -0.15) is 0 Å². The van der Waals surface area contributed by atoms with E-state index in [9.17, 15) is 4.79 Å². The lowest BCUT2D eigenvalue weighted by molar-refractivity contribution is -0.112. The number of ether oxygens (including phenoxy) is 1. The minimum Gasteiger partial charge on any atom is -0.418 e. The number of hydrogen-bond acceptors (Lipinski definition) is 7. The Hall–Kier alpha value is -5.19. The molecule has 0 spiro atoms. The van der Waals surface area contributed by atoms with E-state index in [4.69, 9.17) is 10.5 Å². The van der Waals surface area contributed by atoms with Crippen LogP contribution >= 0.6 is 0 Å². The molecular formula is C27H21F2N7O2. The number of amides is 1. The van der Waals surface area contributed by atoms with E-state index in [0.717, 1.165) is 12.1 Å². The van der Waals surface area contributed by atoms with Gasteiger partial charge in [-0.25, -0.2) is 28.7 Å². The molecule has 1 amide bonds. The molecule has 3 aromatic heterocycles. The van der Waals surface area contributed by atoms with Crippen LogP contribution in [0.1, 0.15) is 6.92 Å². The van der Waals surface area contributed by atoms with E-state index in [-0.39, 0.29) is 23.3 Å². The van der Waals surface area contributed by atoms with E-state index in [1.54, 1.807) is 48.9 Å². The van der Waals surface area contributed by atoms with Crippen molar-refractivity contribution in [2.75, 3.05) is 11.1 Å². The molecule has 190 valence electrons. The molecule has 5 aromatic rings. The van der Waals surface area contributed by atoms with E-state index in [0.29, 0.717) is 39.1 Å². The summed E-state index contributed by atoms with van der Waals surface area (Å²) >= 11 is 0. The van der Waals surface area contributed by atoms with Crippen molar-refractivity contribution in [3.8, 4) is 34.1 Å². The second kappa shape index (κ2) is 9.69. The van der Waals surface area contributed by atoms with E-state index >= 15 is 8.78 Å². The molecule has 3 N–H and O–H groups in total. The predicted molar refractivity (Wildman–Crippen MR) is 139 cm³/mol.